The highest BCUT2D eigenvalue weighted by atomic mass is 19.4. The average molecular weight is 964 g/mol. The van der Waals surface area contributed by atoms with Gasteiger partial charge in [0.15, 0.2) is 17.5 Å². The minimum Gasteiger partial charge on any atom is -0.455 e. The normalized spacial score (nSPS) is 12.3. The Balaban J connectivity index is 1.12. The Morgan fingerprint density at radius 3 is 1.28 bits per heavy atom. The van der Waals surface area contributed by atoms with Crippen molar-refractivity contribution in [1.82, 2.24) is 24.1 Å². The zero-order chi connectivity index (χ0) is 49.2. The molecule has 10 heteroatoms. The lowest BCUT2D eigenvalue weighted by Crippen LogP contribution is -2.12. The summed E-state index contributed by atoms with van der Waals surface area (Å²) in [7, 11) is 0. The molecule has 0 bridgehead atoms. The Labute approximate surface area is 418 Å². The van der Waals surface area contributed by atoms with Gasteiger partial charge in [0.05, 0.1) is 49.8 Å². The molecule has 0 spiro atoms. The summed E-state index contributed by atoms with van der Waals surface area (Å²) in [4.78, 5) is 15.4. The molecular weight excluding hydrogens is 928 g/mol. The lowest BCUT2D eigenvalue weighted by molar-refractivity contribution is -0.137. The Bertz CT molecular complexity index is 4720. The van der Waals surface area contributed by atoms with Crippen molar-refractivity contribution in [2.45, 2.75) is 6.18 Å². The number of furan rings is 2. The first kappa shape index (κ1) is 41.9. The highest BCUT2D eigenvalue weighted by Gasteiger charge is 2.38. The van der Waals surface area contributed by atoms with Crippen LogP contribution in [0, 0.1) is 0 Å². The van der Waals surface area contributed by atoms with E-state index in [4.69, 9.17) is 23.8 Å². The van der Waals surface area contributed by atoms with Crippen LogP contribution in [0.3, 0.4) is 0 Å². The van der Waals surface area contributed by atoms with E-state index in [1.165, 1.54) is 12.1 Å². The van der Waals surface area contributed by atoms with Crippen molar-refractivity contribution in [3.05, 3.63) is 224 Å². The lowest BCUT2D eigenvalue weighted by Gasteiger charge is -2.24. The third-order valence-electron chi connectivity index (χ3n) is 14.4. The molecule has 5 heterocycles. The Kier molecular flexibility index (Phi) is 8.98. The molecule has 0 fully saturated rings. The second-order valence-electron chi connectivity index (χ2n) is 18.5. The molecule has 0 atom stereocenters. The standard InChI is InChI=1S/C64H36F3N5O2/c65-64(66,67)46-26-16-30-50(72-48-28-12-8-24-44(48)57-52(72)36-34-42-40-22-10-14-32-54(40)74-60(42)57)58(46)55-45(63-69-61(37-17-3-1-4-18-37)68-62(70-63)38-19-5-2-6-20-38)25-15-29-49(55)71-47-27-11-7-23-43(47)56-51(71)35-33-41-39-21-9-13-31-53(39)73-59(41)56/h1-36H. The molecule has 0 radical (unpaired) electrons. The van der Waals surface area contributed by atoms with E-state index in [2.05, 4.69) is 4.57 Å². The number of para-hydroxylation sites is 4. The summed E-state index contributed by atoms with van der Waals surface area (Å²) in [5.41, 5.74) is 7.68. The van der Waals surface area contributed by atoms with Gasteiger partial charge in [0, 0.05) is 60.1 Å². The van der Waals surface area contributed by atoms with Crippen LogP contribution in [-0.2, 0) is 6.18 Å². The van der Waals surface area contributed by atoms with Gasteiger partial charge in [0.25, 0.3) is 0 Å². The van der Waals surface area contributed by atoms with Crippen LogP contribution in [0.1, 0.15) is 5.56 Å². The van der Waals surface area contributed by atoms with Gasteiger partial charge in [-0.2, -0.15) is 13.2 Å². The zero-order valence-electron chi connectivity index (χ0n) is 39.0. The number of halogens is 3. The summed E-state index contributed by atoms with van der Waals surface area (Å²) in [5.74, 6) is 0.942. The molecule has 74 heavy (non-hydrogen) atoms. The van der Waals surface area contributed by atoms with Crippen LogP contribution < -0.4 is 0 Å². The van der Waals surface area contributed by atoms with Crippen LogP contribution in [-0.4, -0.2) is 24.1 Å². The molecule has 10 aromatic carbocycles. The summed E-state index contributed by atoms with van der Waals surface area (Å²) in [5, 5.41) is 7.11. The summed E-state index contributed by atoms with van der Waals surface area (Å²) in [6.45, 7) is 0. The predicted octanol–water partition coefficient (Wildman–Crippen LogP) is 17.6. The zero-order valence-corrected chi connectivity index (χ0v) is 39.0. The Hall–Kier alpha value is -9.80. The van der Waals surface area contributed by atoms with Gasteiger partial charge in [-0.05, 0) is 66.7 Å². The molecule has 350 valence electrons. The molecule has 0 saturated heterocycles. The van der Waals surface area contributed by atoms with Crippen molar-refractivity contribution < 1.29 is 22.0 Å². The van der Waals surface area contributed by atoms with Crippen molar-refractivity contribution in [2.24, 2.45) is 0 Å². The fourth-order valence-corrected chi connectivity index (χ4v) is 11.3. The fourth-order valence-electron chi connectivity index (χ4n) is 11.3. The Morgan fingerprint density at radius 1 is 0.338 bits per heavy atom. The smallest absolute Gasteiger partial charge is 0.417 e. The van der Waals surface area contributed by atoms with Crippen molar-refractivity contribution >= 4 is 87.5 Å². The summed E-state index contributed by atoms with van der Waals surface area (Å²) in [6, 6.07) is 68.8. The van der Waals surface area contributed by atoms with Gasteiger partial charge in [-0.1, -0.05) is 152 Å². The maximum Gasteiger partial charge on any atom is 0.417 e. The number of aromatic nitrogens is 5. The quantitative estimate of drug-likeness (QED) is 0.166. The number of nitrogens with zero attached hydrogens (tertiary/aromatic N) is 5. The molecule has 15 aromatic rings. The maximum absolute atomic E-state index is 16.6. The van der Waals surface area contributed by atoms with Crippen LogP contribution in [0.15, 0.2) is 227 Å². The van der Waals surface area contributed by atoms with Crippen LogP contribution >= 0.6 is 0 Å². The molecule has 7 nitrogen and oxygen atoms in total. The van der Waals surface area contributed by atoms with Crippen molar-refractivity contribution in [3.8, 4) is 56.7 Å². The molecule has 0 aliphatic heterocycles. The third-order valence-corrected chi connectivity index (χ3v) is 14.4. The van der Waals surface area contributed by atoms with Crippen LogP contribution in [0.5, 0.6) is 0 Å². The van der Waals surface area contributed by atoms with Gasteiger partial charge in [-0.15, -0.1) is 0 Å². The summed E-state index contributed by atoms with van der Waals surface area (Å²) < 4.78 is 67.1. The number of alkyl halides is 3. The van der Waals surface area contributed by atoms with Crippen molar-refractivity contribution in [2.75, 3.05) is 0 Å². The molecule has 0 aliphatic rings. The van der Waals surface area contributed by atoms with Crippen molar-refractivity contribution in [1.29, 1.82) is 0 Å². The van der Waals surface area contributed by atoms with E-state index >= 15 is 13.2 Å². The second kappa shape index (κ2) is 15.9. The molecule has 0 aliphatic carbocycles. The SMILES string of the molecule is FC(F)(F)c1cccc(-n2c3ccccc3c3c4oc5ccccc5c4ccc32)c1-c1c(-c2nc(-c3ccccc3)nc(-c3ccccc3)n2)cccc1-n1c2ccccc2c2c3oc4ccccc4c3ccc21. The fraction of sp³-hybridized carbons (Fsp3) is 0.0156. The molecule has 15 rings (SSSR count). The van der Waals surface area contributed by atoms with E-state index in [0.717, 1.165) is 76.4 Å². The first-order valence-electron chi connectivity index (χ1n) is 24.3. The predicted molar refractivity (Wildman–Crippen MR) is 290 cm³/mol. The minimum absolute atomic E-state index is 0.0587. The number of fused-ring (bicyclic) bond motifs is 14. The van der Waals surface area contributed by atoms with Gasteiger partial charge < -0.3 is 18.0 Å². The first-order valence-corrected chi connectivity index (χ1v) is 24.3. The van der Waals surface area contributed by atoms with E-state index in [1.54, 1.807) is 6.07 Å². The molecular formula is C64H36F3N5O2. The van der Waals surface area contributed by atoms with E-state index in [0.29, 0.717) is 50.8 Å². The minimum atomic E-state index is -4.84. The average Bonchev–Trinajstić information content (AvgIpc) is 4.27. The highest BCUT2D eigenvalue weighted by molar-refractivity contribution is 6.25. The number of hydrogen-bond acceptors (Lipinski definition) is 5. The topological polar surface area (TPSA) is 74.8 Å². The van der Waals surface area contributed by atoms with Crippen LogP contribution in [0.2, 0.25) is 0 Å². The molecule has 0 N–H and O–H groups in total. The van der Waals surface area contributed by atoms with Gasteiger partial charge in [0.1, 0.15) is 22.3 Å². The Morgan fingerprint density at radius 2 is 0.770 bits per heavy atom. The van der Waals surface area contributed by atoms with Crippen LogP contribution in [0.25, 0.3) is 144 Å². The van der Waals surface area contributed by atoms with E-state index in [1.807, 2.05) is 205 Å². The van der Waals surface area contributed by atoms with Gasteiger partial charge in [0.2, 0.25) is 0 Å². The highest BCUT2D eigenvalue weighted by Crippen LogP contribution is 2.51. The summed E-state index contributed by atoms with van der Waals surface area (Å²) in [6.07, 6.45) is -4.84. The number of benzene rings is 10. The molecule has 0 saturated carbocycles. The van der Waals surface area contributed by atoms with Gasteiger partial charge >= 0.3 is 6.18 Å². The number of rotatable bonds is 6. The van der Waals surface area contributed by atoms with Gasteiger partial charge in [-0.25, -0.2) is 15.0 Å². The molecule has 0 amide bonds. The molecule has 5 aromatic heterocycles. The van der Waals surface area contributed by atoms with E-state index < -0.39 is 11.7 Å². The maximum atomic E-state index is 16.6. The second-order valence-corrected chi connectivity index (χ2v) is 18.5. The van der Waals surface area contributed by atoms with Crippen molar-refractivity contribution in [3.63, 3.8) is 0 Å². The lowest BCUT2D eigenvalue weighted by atomic mass is 9.90. The molecule has 0 unspecified atom stereocenters. The van der Waals surface area contributed by atoms with Gasteiger partial charge in [-0.3, -0.25) is 0 Å². The summed E-state index contributed by atoms with van der Waals surface area (Å²) >= 11 is 0. The van der Waals surface area contributed by atoms with E-state index in [-0.39, 0.29) is 17.0 Å². The van der Waals surface area contributed by atoms with Crippen LogP contribution in [0.4, 0.5) is 13.2 Å². The van der Waals surface area contributed by atoms with E-state index in [9.17, 15) is 0 Å². The monoisotopic (exact) mass is 963 g/mol. The largest absolute Gasteiger partial charge is 0.455 e. The first-order chi connectivity index (χ1) is 36.4. The number of hydrogen-bond donors (Lipinski definition) is 0. The third kappa shape index (κ3) is 6.18.